The number of unbranched alkanes of at least 4 members (excludes halogenated alkanes) is 1. The number of methoxy groups -OCH3 is 2. The molecule has 2 heterocycles. The summed E-state index contributed by atoms with van der Waals surface area (Å²) in [5.74, 6) is 1.19. The molecule has 8 heteroatoms. The molecule has 0 saturated carbocycles. The Kier molecular flexibility index (Phi) is 10.1. The van der Waals surface area contributed by atoms with Crippen LogP contribution in [0.1, 0.15) is 53.6 Å². The van der Waals surface area contributed by atoms with Gasteiger partial charge in [0.2, 0.25) is 5.91 Å². The van der Waals surface area contributed by atoms with Gasteiger partial charge in [-0.15, -0.1) is 0 Å². The predicted octanol–water partition coefficient (Wildman–Crippen LogP) is 3.44. The highest BCUT2D eigenvalue weighted by atomic mass is 16.5. The number of hydrogen-bond acceptors (Lipinski definition) is 6. The van der Waals surface area contributed by atoms with Gasteiger partial charge in [-0.05, 0) is 60.6 Å². The molecular formula is C27H35N3O5. The largest absolute Gasteiger partial charge is 0.496 e. The Labute approximate surface area is 207 Å². The topological polar surface area (TPSA) is 101 Å². The zero-order chi connectivity index (χ0) is 25.0. The number of nitrogens with one attached hydrogen (secondary N) is 1. The average molecular weight is 482 g/mol. The van der Waals surface area contributed by atoms with Gasteiger partial charge < -0.3 is 24.8 Å². The Morgan fingerprint density at radius 3 is 2.49 bits per heavy atom. The number of hydrogen-bond donors (Lipinski definition) is 2. The molecule has 1 fully saturated rings. The van der Waals surface area contributed by atoms with Gasteiger partial charge in [-0.25, -0.2) is 0 Å². The molecule has 2 aromatic rings. The van der Waals surface area contributed by atoms with Crippen LogP contribution in [0.2, 0.25) is 0 Å². The second kappa shape index (κ2) is 13.5. The van der Waals surface area contributed by atoms with Crippen molar-refractivity contribution in [3.05, 3.63) is 59.4 Å². The van der Waals surface area contributed by atoms with Crippen LogP contribution >= 0.6 is 0 Å². The van der Waals surface area contributed by atoms with Gasteiger partial charge in [0.25, 0.3) is 5.91 Å². The van der Waals surface area contributed by atoms with Crippen LogP contribution in [-0.4, -0.2) is 60.7 Å². The molecule has 2 N–H and O–H groups in total. The number of piperidine rings is 1. The number of benzene rings is 1. The minimum Gasteiger partial charge on any atom is -0.496 e. The molecule has 0 aliphatic carbocycles. The molecule has 1 aliphatic rings. The summed E-state index contributed by atoms with van der Waals surface area (Å²) in [4.78, 5) is 31.0. The molecule has 1 saturated heterocycles. The molecule has 1 aliphatic heterocycles. The highest BCUT2D eigenvalue weighted by molar-refractivity contribution is 6.00. The Morgan fingerprint density at radius 2 is 1.89 bits per heavy atom. The standard InChI is InChI=1S/C27H35N3O5/c1-34-23-16-22(19-31)17-24(35-2)26(23)27(33)30-14-10-20(11-15-30)6-3-4-13-29-25(32)9-8-21-7-5-12-28-18-21/h5,7-9,12,16-18,20,31H,3-4,6,10-11,13-15,19H2,1-2H3,(H,29,32)/b9-8+. The summed E-state index contributed by atoms with van der Waals surface area (Å²) in [5.41, 5.74) is 1.93. The first-order chi connectivity index (χ1) is 17.0. The van der Waals surface area contributed by atoms with Gasteiger partial charge >= 0.3 is 0 Å². The lowest BCUT2D eigenvalue weighted by Gasteiger charge is -2.32. The third-order valence-corrected chi connectivity index (χ3v) is 6.31. The van der Waals surface area contributed by atoms with E-state index in [1.807, 2.05) is 17.0 Å². The maximum Gasteiger partial charge on any atom is 0.261 e. The predicted molar refractivity (Wildman–Crippen MR) is 134 cm³/mol. The first-order valence-corrected chi connectivity index (χ1v) is 12.1. The van der Waals surface area contributed by atoms with Crippen molar-refractivity contribution >= 4 is 17.9 Å². The zero-order valence-electron chi connectivity index (χ0n) is 20.5. The van der Waals surface area contributed by atoms with Gasteiger partial charge in [-0.2, -0.15) is 0 Å². The minimum absolute atomic E-state index is 0.0986. The maximum atomic E-state index is 13.2. The van der Waals surface area contributed by atoms with E-state index >= 15 is 0 Å². The third-order valence-electron chi connectivity index (χ3n) is 6.31. The molecule has 188 valence electrons. The van der Waals surface area contributed by atoms with Gasteiger partial charge in [0, 0.05) is 38.1 Å². The minimum atomic E-state index is -0.154. The van der Waals surface area contributed by atoms with Crippen LogP contribution in [0.25, 0.3) is 6.08 Å². The van der Waals surface area contributed by atoms with E-state index in [2.05, 4.69) is 10.3 Å². The van der Waals surface area contributed by atoms with Crippen LogP contribution in [0.4, 0.5) is 0 Å². The second-order valence-electron chi connectivity index (χ2n) is 8.68. The molecule has 0 atom stereocenters. The Hall–Kier alpha value is -3.39. The molecule has 2 amide bonds. The van der Waals surface area contributed by atoms with Gasteiger partial charge in [-0.1, -0.05) is 18.9 Å². The van der Waals surface area contributed by atoms with E-state index in [1.54, 1.807) is 30.6 Å². The number of carbonyl (C=O) groups excluding carboxylic acids is 2. The van der Waals surface area contributed by atoms with Gasteiger partial charge in [0.05, 0.1) is 20.8 Å². The first-order valence-electron chi connectivity index (χ1n) is 12.1. The van der Waals surface area contributed by atoms with E-state index in [4.69, 9.17) is 9.47 Å². The summed E-state index contributed by atoms with van der Waals surface area (Å²) in [6.07, 6.45) is 11.6. The Morgan fingerprint density at radius 1 is 1.17 bits per heavy atom. The number of nitrogens with zero attached hydrogens (tertiary/aromatic N) is 2. The molecule has 1 aromatic carbocycles. The van der Waals surface area contributed by atoms with Crippen molar-refractivity contribution in [1.82, 2.24) is 15.2 Å². The van der Waals surface area contributed by atoms with E-state index in [-0.39, 0.29) is 18.4 Å². The smallest absolute Gasteiger partial charge is 0.261 e. The average Bonchev–Trinajstić information content (AvgIpc) is 2.91. The summed E-state index contributed by atoms with van der Waals surface area (Å²) >= 11 is 0. The maximum absolute atomic E-state index is 13.2. The second-order valence-corrected chi connectivity index (χ2v) is 8.68. The fourth-order valence-electron chi connectivity index (χ4n) is 4.33. The van der Waals surface area contributed by atoms with Gasteiger partial charge in [0.1, 0.15) is 17.1 Å². The van der Waals surface area contributed by atoms with E-state index in [0.29, 0.717) is 48.2 Å². The molecule has 3 rings (SSSR count). The molecule has 0 bridgehead atoms. The monoisotopic (exact) mass is 481 g/mol. The van der Waals surface area contributed by atoms with E-state index in [9.17, 15) is 14.7 Å². The number of carbonyl (C=O) groups is 2. The summed E-state index contributed by atoms with van der Waals surface area (Å²) in [6, 6.07) is 7.09. The van der Waals surface area contributed by atoms with Crippen molar-refractivity contribution < 1.29 is 24.2 Å². The van der Waals surface area contributed by atoms with Crippen LogP contribution in [0.15, 0.2) is 42.7 Å². The van der Waals surface area contributed by atoms with Gasteiger partial charge in [0.15, 0.2) is 0 Å². The number of pyridine rings is 1. The van der Waals surface area contributed by atoms with Crippen molar-refractivity contribution in [3.63, 3.8) is 0 Å². The summed E-state index contributed by atoms with van der Waals surface area (Å²) in [7, 11) is 3.02. The number of rotatable bonds is 11. The first kappa shape index (κ1) is 26.2. The molecular weight excluding hydrogens is 446 g/mol. The lowest BCUT2D eigenvalue weighted by Crippen LogP contribution is -2.38. The lowest BCUT2D eigenvalue weighted by molar-refractivity contribution is -0.116. The zero-order valence-corrected chi connectivity index (χ0v) is 20.5. The summed E-state index contributed by atoms with van der Waals surface area (Å²) in [6.45, 7) is 1.87. The number of likely N-dealkylation sites (tertiary alicyclic amines) is 1. The van der Waals surface area contributed by atoms with Crippen molar-refractivity contribution in [2.75, 3.05) is 33.9 Å². The number of aromatic nitrogens is 1. The summed E-state index contributed by atoms with van der Waals surface area (Å²) < 4.78 is 10.8. The molecule has 1 aromatic heterocycles. The summed E-state index contributed by atoms with van der Waals surface area (Å²) in [5, 5.41) is 12.4. The van der Waals surface area contributed by atoms with Crippen LogP contribution in [0, 0.1) is 5.92 Å². The third kappa shape index (κ3) is 7.55. The molecule has 35 heavy (non-hydrogen) atoms. The van der Waals surface area contributed by atoms with Crippen molar-refractivity contribution in [3.8, 4) is 11.5 Å². The van der Waals surface area contributed by atoms with E-state index in [0.717, 1.165) is 37.7 Å². The van der Waals surface area contributed by atoms with Crippen LogP contribution in [0.5, 0.6) is 11.5 Å². The normalized spacial score (nSPS) is 14.2. The van der Waals surface area contributed by atoms with Crippen LogP contribution < -0.4 is 14.8 Å². The van der Waals surface area contributed by atoms with Gasteiger partial charge in [-0.3, -0.25) is 14.6 Å². The highest BCUT2D eigenvalue weighted by Crippen LogP contribution is 2.33. The molecule has 0 unspecified atom stereocenters. The fraction of sp³-hybridized carbons (Fsp3) is 0.444. The lowest BCUT2D eigenvalue weighted by atomic mass is 9.91. The van der Waals surface area contributed by atoms with Crippen LogP contribution in [-0.2, 0) is 11.4 Å². The number of aliphatic hydroxyl groups is 1. The van der Waals surface area contributed by atoms with Crippen molar-refractivity contribution in [2.45, 2.75) is 38.7 Å². The molecule has 0 spiro atoms. The number of ether oxygens (including phenoxy) is 2. The quantitative estimate of drug-likeness (QED) is 0.377. The van der Waals surface area contributed by atoms with Crippen molar-refractivity contribution in [1.29, 1.82) is 0 Å². The van der Waals surface area contributed by atoms with Crippen molar-refractivity contribution in [2.24, 2.45) is 5.92 Å². The number of amides is 2. The van der Waals surface area contributed by atoms with E-state index < -0.39 is 0 Å². The SMILES string of the molecule is COc1cc(CO)cc(OC)c1C(=O)N1CCC(CCCCNC(=O)/C=C/c2cccnc2)CC1. The highest BCUT2D eigenvalue weighted by Gasteiger charge is 2.28. The molecule has 8 nitrogen and oxygen atoms in total. The Balaban J connectivity index is 1.39. The number of aliphatic hydroxyl groups excluding tert-OH is 1. The molecule has 0 radical (unpaired) electrons. The fourth-order valence-corrected chi connectivity index (χ4v) is 4.33. The van der Waals surface area contributed by atoms with E-state index in [1.165, 1.54) is 20.3 Å². The Bertz CT molecular complexity index is 976. The van der Waals surface area contributed by atoms with Crippen LogP contribution in [0.3, 0.4) is 0 Å².